The summed E-state index contributed by atoms with van der Waals surface area (Å²) in [6.07, 6.45) is 7.82. The molecular weight excluding hydrogens is 236 g/mol. The molecule has 0 aromatic carbocycles. The smallest absolute Gasteiger partial charge is 0.140 e. The predicted octanol–water partition coefficient (Wildman–Crippen LogP) is 2.64. The van der Waals surface area contributed by atoms with Crippen LogP contribution in [0, 0.1) is 6.92 Å². The Kier molecular flexibility index (Phi) is 4.68. The lowest BCUT2D eigenvalue weighted by atomic mass is 10.2. The molecule has 0 aliphatic heterocycles. The van der Waals surface area contributed by atoms with Crippen LogP contribution in [0.25, 0.3) is 5.82 Å². The molecule has 0 spiro atoms. The molecule has 0 saturated carbocycles. The van der Waals surface area contributed by atoms with Crippen molar-refractivity contribution in [2.24, 2.45) is 0 Å². The van der Waals surface area contributed by atoms with Crippen molar-refractivity contribution in [2.45, 2.75) is 40.2 Å². The van der Waals surface area contributed by atoms with E-state index in [2.05, 4.69) is 46.7 Å². The molecule has 102 valence electrons. The minimum absolute atomic E-state index is 0.881. The van der Waals surface area contributed by atoms with Crippen molar-refractivity contribution in [3.8, 4) is 5.82 Å². The minimum atomic E-state index is 0.881. The summed E-state index contributed by atoms with van der Waals surface area (Å²) in [6.45, 7) is 8.31. The quantitative estimate of drug-likeness (QED) is 0.810. The van der Waals surface area contributed by atoms with Gasteiger partial charge in [0.25, 0.3) is 0 Å². The van der Waals surface area contributed by atoms with Crippen LogP contribution in [0.15, 0.2) is 24.7 Å². The SMILES string of the molecule is CCCNCc1cnc(-n2ccnc2CC)c(C)c1. The third-order valence-corrected chi connectivity index (χ3v) is 3.12. The topological polar surface area (TPSA) is 42.7 Å². The summed E-state index contributed by atoms with van der Waals surface area (Å²) in [5.74, 6) is 2.03. The zero-order chi connectivity index (χ0) is 13.7. The van der Waals surface area contributed by atoms with E-state index in [1.165, 1.54) is 11.1 Å². The van der Waals surface area contributed by atoms with Crippen LogP contribution in [-0.4, -0.2) is 21.1 Å². The van der Waals surface area contributed by atoms with Crippen LogP contribution >= 0.6 is 0 Å². The molecule has 0 amide bonds. The van der Waals surface area contributed by atoms with Gasteiger partial charge in [0.05, 0.1) is 0 Å². The highest BCUT2D eigenvalue weighted by Crippen LogP contribution is 2.15. The van der Waals surface area contributed by atoms with Crippen molar-refractivity contribution >= 4 is 0 Å². The van der Waals surface area contributed by atoms with E-state index in [0.717, 1.165) is 37.6 Å². The van der Waals surface area contributed by atoms with Gasteiger partial charge in [0, 0.05) is 31.6 Å². The molecule has 0 fully saturated rings. The third kappa shape index (κ3) is 3.20. The van der Waals surface area contributed by atoms with E-state index in [9.17, 15) is 0 Å². The minimum Gasteiger partial charge on any atom is -0.313 e. The van der Waals surface area contributed by atoms with Gasteiger partial charge < -0.3 is 5.32 Å². The molecule has 0 aliphatic rings. The molecule has 0 bridgehead atoms. The van der Waals surface area contributed by atoms with Crippen LogP contribution in [-0.2, 0) is 13.0 Å². The number of aryl methyl sites for hydroxylation is 2. The molecule has 4 nitrogen and oxygen atoms in total. The molecule has 2 heterocycles. The van der Waals surface area contributed by atoms with Crippen molar-refractivity contribution in [2.75, 3.05) is 6.54 Å². The Hall–Kier alpha value is -1.68. The second kappa shape index (κ2) is 6.48. The van der Waals surface area contributed by atoms with Gasteiger partial charge in [-0.2, -0.15) is 0 Å². The molecule has 0 radical (unpaired) electrons. The second-order valence-corrected chi connectivity index (χ2v) is 4.73. The second-order valence-electron chi connectivity index (χ2n) is 4.73. The summed E-state index contributed by atoms with van der Waals surface area (Å²) in [5.41, 5.74) is 2.41. The van der Waals surface area contributed by atoms with Crippen LogP contribution in [0.3, 0.4) is 0 Å². The first-order valence-electron chi connectivity index (χ1n) is 6.95. The first-order valence-corrected chi connectivity index (χ1v) is 6.95. The molecule has 0 atom stereocenters. The largest absolute Gasteiger partial charge is 0.313 e. The summed E-state index contributed by atoms with van der Waals surface area (Å²) >= 11 is 0. The first-order chi connectivity index (χ1) is 9.26. The molecule has 2 aromatic heterocycles. The molecule has 4 heteroatoms. The Morgan fingerprint density at radius 3 is 2.79 bits per heavy atom. The molecule has 0 saturated heterocycles. The van der Waals surface area contributed by atoms with E-state index in [1.807, 2.05) is 18.6 Å². The monoisotopic (exact) mass is 258 g/mol. The number of aromatic nitrogens is 3. The number of nitrogens with zero attached hydrogens (tertiary/aromatic N) is 3. The Bertz CT molecular complexity index is 531. The van der Waals surface area contributed by atoms with Crippen LogP contribution in [0.4, 0.5) is 0 Å². The van der Waals surface area contributed by atoms with Crippen molar-refractivity contribution in [3.63, 3.8) is 0 Å². The average Bonchev–Trinajstić information content (AvgIpc) is 2.87. The summed E-state index contributed by atoms with van der Waals surface area (Å²) < 4.78 is 2.07. The highest BCUT2D eigenvalue weighted by Gasteiger charge is 2.07. The molecule has 2 rings (SSSR count). The van der Waals surface area contributed by atoms with E-state index >= 15 is 0 Å². The Morgan fingerprint density at radius 1 is 1.26 bits per heavy atom. The maximum Gasteiger partial charge on any atom is 0.140 e. The van der Waals surface area contributed by atoms with Gasteiger partial charge in [0.2, 0.25) is 0 Å². The molecule has 2 aromatic rings. The Morgan fingerprint density at radius 2 is 2.11 bits per heavy atom. The van der Waals surface area contributed by atoms with Crippen LogP contribution < -0.4 is 5.32 Å². The van der Waals surface area contributed by atoms with Gasteiger partial charge in [-0.25, -0.2) is 9.97 Å². The van der Waals surface area contributed by atoms with Gasteiger partial charge in [-0.3, -0.25) is 4.57 Å². The normalized spacial score (nSPS) is 10.9. The van der Waals surface area contributed by atoms with E-state index < -0.39 is 0 Å². The van der Waals surface area contributed by atoms with Gasteiger partial charge in [-0.1, -0.05) is 13.8 Å². The fourth-order valence-corrected chi connectivity index (χ4v) is 2.17. The maximum absolute atomic E-state index is 4.59. The average molecular weight is 258 g/mol. The van der Waals surface area contributed by atoms with Gasteiger partial charge >= 0.3 is 0 Å². The number of rotatable bonds is 6. The zero-order valence-corrected chi connectivity index (χ0v) is 12.0. The predicted molar refractivity (Wildman–Crippen MR) is 77.5 cm³/mol. The number of pyridine rings is 1. The molecule has 0 unspecified atom stereocenters. The summed E-state index contributed by atoms with van der Waals surface area (Å²) in [4.78, 5) is 8.94. The number of imidazole rings is 1. The standard InChI is InChI=1S/C15H22N4/c1-4-6-16-10-13-9-12(3)15(18-11-13)19-8-7-17-14(19)5-2/h7-9,11,16H,4-6,10H2,1-3H3. The lowest BCUT2D eigenvalue weighted by molar-refractivity contribution is 0.673. The Balaban J connectivity index is 2.19. The number of hydrogen-bond donors (Lipinski definition) is 1. The van der Waals surface area contributed by atoms with Crippen molar-refractivity contribution in [1.29, 1.82) is 0 Å². The summed E-state index contributed by atoms with van der Waals surface area (Å²) in [6, 6.07) is 2.20. The lowest BCUT2D eigenvalue weighted by Gasteiger charge is -2.11. The van der Waals surface area contributed by atoms with E-state index in [0.29, 0.717) is 0 Å². The van der Waals surface area contributed by atoms with Crippen LogP contribution in [0.1, 0.15) is 37.2 Å². The molecular formula is C15H22N4. The number of hydrogen-bond acceptors (Lipinski definition) is 3. The fourth-order valence-electron chi connectivity index (χ4n) is 2.17. The number of nitrogens with one attached hydrogen (secondary N) is 1. The highest BCUT2D eigenvalue weighted by molar-refractivity contribution is 5.36. The summed E-state index contributed by atoms with van der Waals surface area (Å²) in [7, 11) is 0. The van der Waals surface area contributed by atoms with E-state index in [4.69, 9.17) is 0 Å². The molecule has 0 aliphatic carbocycles. The van der Waals surface area contributed by atoms with Gasteiger partial charge in [0.1, 0.15) is 11.6 Å². The van der Waals surface area contributed by atoms with Crippen LogP contribution in [0.5, 0.6) is 0 Å². The highest BCUT2D eigenvalue weighted by atomic mass is 15.1. The van der Waals surface area contributed by atoms with Crippen LogP contribution in [0.2, 0.25) is 0 Å². The van der Waals surface area contributed by atoms with Gasteiger partial charge in [0.15, 0.2) is 0 Å². The fraction of sp³-hybridized carbons (Fsp3) is 0.467. The van der Waals surface area contributed by atoms with E-state index in [1.54, 1.807) is 0 Å². The van der Waals surface area contributed by atoms with Crippen molar-refractivity contribution in [3.05, 3.63) is 41.6 Å². The van der Waals surface area contributed by atoms with Gasteiger partial charge in [-0.05, 0) is 37.1 Å². The Labute approximate surface area is 114 Å². The van der Waals surface area contributed by atoms with Crippen molar-refractivity contribution in [1.82, 2.24) is 19.9 Å². The molecule has 19 heavy (non-hydrogen) atoms. The molecule has 1 N–H and O–H groups in total. The maximum atomic E-state index is 4.59. The van der Waals surface area contributed by atoms with E-state index in [-0.39, 0.29) is 0 Å². The van der Waals surface area contributed by atoms with Crippen molar-refractivity contribution < 1.29 is 0 Å². The third-order valence-electron chi connectivity index (χ3n) is 3.12. The van der Waals surface area contributed by atoms with Gasteiger partial charge in [-0.15, -0.1) is 0 Å². The summed E-state index contributed by atoms with van der Waals surface area (Å²) in [5, 5.41) is 3.40. The lowest BCUT2D eigenvalue weighted by Crippen LogP contribution is -2.14. The first kappa shape index (κ1) is 13.7. The zero-order valence-electron chi connectivity index (χ0n) is 12.0.